The lowest BCUT2D eigenvalue weighted by molar-refractivity contribution is 0.184. The third-order valence-electron chi connectivity index (χ3n) is 4.14. The first kappa shape index (κ1) is 16.8. The van der Waals surface area contributed by atoms with Crippen molar-refractivity contribution in [3.63, 3.8) is 0 Å². The Morgan fingerprint density at radius 2 is 2.17 bits per heavy atom. The summed E-state index contributed by atoms with van der Waals surface area (Å²) in [7, 11) is 6.22. The van der Waals surface area contributed by atoms with Gasteiger partial charge in [0.2, 0.25) is 5.95 Å². The second-order valence-electron chi connectivity index (χ2n) is 6.42. The number of halogens is 1. The molecule has 2 N–H and O–H groups in total. The number of nitrogen functional groups attached to an aromatic ring is 1. The third kappa shape index (κ3) is 3.56. The van der Waals surface area contributed by atoms with Crippen molar-refractivity contribution < 1.29 is 4.74 Å². The second kappa shape index (κ2) is 6.82. The smallest absolute Gasteiger partial charge is 0.201 e. The van der Waals surface area contributed by atoms with E-state index in [1.54, 1.807) is 0 Å². The summed E-state index contributed by atoms with van der Waals surface area (Å²) < 4.78 is 10.4. The van der Waals surface area contributed by atoms with Gasteiger partial charge in [0.1, 0.15) is 11.9 Å². The van der Waals surface area contributed by atoms with Gasteiger partial charge in [-0.05, 0) is 39.7 Å². The zero-order valence-electron chi connectivity index (χ0n) is 13.9. The van der Waals surface area contributed by atoms with E-state index in [4.69, 9.17) is 10.5 Å². The monoisotopic (exact) mass is 429 g/mol. The van der Waals surface area contributed by atoms with Gasteiger partial charge in [0.25, 0.3) is 0 Å². The summed E-state index contributed by atoms with van der Waals surface area (Å²) in [5, 5.41) is 0. The van der Waals surface area contributed by atoms with Gasteiger partial charge in [0.15, 0.2) is 0 Å². The summed E-state index contributed by atoms with van der Waals surface area (Å²) in [6.45, 7) is 2.82. The lowest BCUT2D eigenvalue weighted by Crippen LogP contribution is -2.29. The molecule has 6 nitrogen and oxygen atoms in total. The van der Waals surface area contributed by atoms with Crippen LogP contribution in [0.1, 0.15) is 12.0 Å². The molecule has 1 atom stereocenters. The van der Waals surface area contributed by atoms with E-state index in [2.05, 4.69) is 61.6 Å². The molecule has 126 valence electrons. The Bertz CT molecular complexity index is 697. The molecule has 2 aromatic rings. The lowest BCUT2D eigenvalue weighted by atomic mass is 10.1. The predicted molar refractivity (Wildman–Crippen MR) is 102 cm³/mol. The van der Waals surface area contributed by atoms with Crippen LogP contribution < -0.4 is 10.5 Å². The van der Waals surface area contributed by atoms with Gasteiger partial charge >= 0.3 is 0 Å². The van der Waals surface area contributed by atoms with Crippen LogP contribution in [0.4, 0.5) is 5.95 Å². The van der Waals surface area contributed by atoms with Crippen LogP contribution in [0, 0.1) is 0 Å². The quantitative estimate of drug-likeness (QED) is 0.564. The highest BCUT2D eigenvalue weighted by Gasteiger charge is 2.27. The Balaban J connectivity index is 1.90. The molecule has 23 heavy (non-hydrogen) atoms. The van der Waals surface area contributed by atoms with Crippen molar-refractivity contribution in [3.8, 4) is 5.75 Å². The minimum atomic E-state index is 0.204. The van der Waals surface area contributed by atoms with Crippen molar-refractivity contribution in [1.82, 2.24) is 17.6 Å². The molecule has 0 spiro atoms. The molecule has 0 saturated carbocycles. The first-order chi connectivity index (χ1) is 11.0. The van der Waals surface area contributed by atoms with E-state index in [0.717, 1.165) is 49.3 Å². The number of imidazole rings is 1. The summed E-state index contributed by atoms with van der Waals surface area (Å²) in [5.41, 5.74) is 9.54. The van der Waals surface area contributed by atoms with E-state index in [9.17, 15) is 0 Å². The average Bonchev–Trinajstić information content (AvgIpc) is 2.98. The maximum Gasteiger partial charge on any atom is 0.201 e. The normalized spacial score (nSPS) is 17.2. The first-order valence-electron chi connectivity index (χ1n) is 7.91. The number of nitrogens with zero attached hydrogens (tertiary/aromatic N) is 4. The number of benzene rings is 1. The van der Waals surface area contributed by atoms with Gasteiger partial charge in [0.05, 0.1) is 11.0 Å². The Kier molecular flexibility index (Phi) is 4.98. The molecule has 0 saturated heterocycles. The van der Waals surface area contributed by atoms with Crippen LogP contribution in [-0.2, 0) is 13.0 Å². The number of nitrogens with two attached hydrogens (primary N) is 1. The van der Waals surface area contributed by atoms with Crippen molar-refractivity contribution in [1.29, 1.82) is 0 Å². The van der Waals surface area contributed by atoms with E-state index in [0.29, 0.717) is 5.95 Å². The van der Waals surface area contributed by atoms with Gasteiger partial charge in [-0.2, -0.15) is 0 Å². The minimum Gasteiger partial charge on any atom is -0.488 e. The van der Waals surface area contributed by atoms with Crippen molar-refractivity contribution in [2.45, 2.75) is 25.5 Å². The van der Waals surface area contributed by atoms with Crippen LogP contribution in [0.15, 0.2) is 12.1 Å². The number of aryl methyl sites for hydroxylation is 1. The maximum absolute atomic E-state index is 6.17. The topological polar surface area (TPSA) is 59.6 Å². The fraction of sp³-hybridized carbons (Fsp3) is 0.562. The fourth-order valence-electron chi connectivity index (χ4n) is 3.23. The molecule has 1 aromatic heterocycles. The van der Waals surface area contributed by atoms with Crippen LogP contribution in [0.2, 0.25) is 0 Å². The van der Waals surface area contributed by atoms with Gasteiger partial charge in [-0.15, -0.1) is 0 Å². The van der Waals surface area contributed by atoms with E-state index in [-0.39, 0.29) is 6.10 Å². The SMILES string of the molecule is CN(C)C[C@@H]1Cc2c(ccc3nc(N)n(CCCN(C)I)c23)O1. The summed E-state index contributed by atoms with van der Waals surface area (Å²) in [5.74, 6) is 1.58. The number of rotatable bonds is 6. The molecule has 0 amide bonds. The van der Waals surface area contributed by atoms with Crippen LogP contribution >= 0.6 is 22.9 Å². The van der Waals surface area contributed by atoms with Crippen LogP contribution in [-0.4, -0.2) is 57.9 Å². The number of anilines is 1. The molecule has 0 aliphatic carbocycles. The fourth-order valence-corrected chi connectivity index (χ4v) is 3.58. The molecular weight excluding hydrogens is 405 g/mol. The standard InChI is InChI=1S/C16H24IN5O/c1-20(2)10-11-9-12-14(23-11)6-5-13-15(12)22(16(18)19-13)8-4-7-21(3)17/h5-6,11H,4,7-10H2,1-3H3,(H2,18,19)/t11-/m0/s1. The molecule has 0 bridgehead atoms. The largest absolute Gasteiger partial charge is 0.488 e. The Hall–Kier alpha value is -1.06. The number of aromatic nitrogens is 2. The molecule has 7 heteroatoms. The van der Waals surface area contributed by atoms with E-state index in [1.165, 1.54) is 5.56 Å². The van der Waals surface area contributed by atoms with Crippen LogP contribution in [0.3, 0.4) is 0 Å². The number of likely N-dealkylation sites (N-methyl/N-ethyl adjacent to an activating group) is 1. The third-order valence-corrected chi connectivity index (χ3v) is 4.62. The molecule has 0 unspecified atom stereocenters. The highest BCUT2D eigenvalue weighted by molar-refractivity contribution is 14.1. The second-order valence-corrected chi connectivity index (χ2v) is 8.07. The summed E-state index contributed by atoms with van der Waals surface area (Å²) in [6.07, 6.45) is 2.17. The predicted octanol–water partition coefficient (Wildman–Crippen LogP) is 2.16. The summed E-state index contributed by atoms with van der Waals surface area (Å²) >= 11 is 2.31. The average molecular weight is 429 g/mol. The minimum absolute atomic E-state index is 0.204. The van der Waals surface area contributed by atoms with Crippen molar-refractivity contribution >= 4 is 39.8 Å². The van der Waals surface area contributed by atoms with E-state index >= 15 is 0 Å². The number of hydrogen-bond acceptors (Lipinski definition) is 5. The zero-order valence-corrected chi connectivity index (χ0v) is 16.1. The molecule has 0 radical (unpaired) electrons. The molecule has 1 aliphatic rings. The lowest BCUT2D eigenvalue weighted by Gasteiger charge is -2.15. The molecule has 2 heterocycles. The van der Waals surface area contributed by atoms with Gasteiger partial charge < -0.3 is 19.9 Å². The van der Waals surface area contributed by atoms with Gasteiger partial charge in [-0.25, -0.2) is 4.98 Å². The van der Waals surface area contributed by atoms with Crippen molar-refractivity contribution in [2.24, 2.45) is 0 Å². The maximum atomic E-state index is 6.17. The Morgan fingerprint density at radius 1 is 1.39 bits per heavy atom. The highest BCUT2D eigenvalue weighted by Crippen LogP contribution is 2.36. The zero-order chi connectivity index (χ0) is 16.6. The molecule has 1 aromatic carbocycles. The Morgan fingerprint density at radius 3 is 2.87 bits per heavy atom. The molecule has 1 aliphatic heterocycles. The van der Waals surface area contributed by atoms with Crippen LogP contribution in [0.25, 0.3) is 11.0 Å². The van der Waals surface area contributed by atoms with E-state index in [1.807, 2.05) is 12.1 Å². The van der Waals surface area contributed by atoms with E-state index < -0.39 is 0 Å². The van der Waals surface area contributed by atoms with Crippen molar-refractivity contribution in [3.05, 3.63) is 17.7 Å². The first-order valence-corrected chi connectivity index (χ1v) is 8.88. The van der Waals surface area contributed by atoms with Gasteiger partial charge in [0, 0.05) is 54.5 Å². The Labute approximate surface area is 151 Å². The van der Waals surface area contributed by atoms with Crippen molar-refractivity contribution in [2.75, 3.05) is 40.0 Å². The number of ether oxygens (including phenoxy) is 1. The highest BCUT2D eigenvalue weighted by atomic mass is 127. The molecule has 0 fully saturated rings. The number of fused-ring (bicyclic) bond motifs is 3. The molecular formula is C16H24IN5O. The summed E-state index contributed by atoms with van der Waals surface area (Å²) in [4.78, 5) is 6.70. The van der Waals surface area contributed by atoms with Crippen LogP contribution in [0.5, 0.6) is 5.75 Å². The van der Waals surface area contributed by atoms with Gasteiger partial charge in [-0.1, -0.05) is 0 Å². The summed E-state index contributed by atoms with van der Waals surface area (Å²) in [6, 6.07) is 4.05. The van der Waals surface area contributed by atoms with Gasteiger partial charge in [-0.3, -0.25) is 3.11 Å². The molecule has 3 rings (SSSR count). The number of hydrogen-bond donors (Lipinski definition) is 1.